The van der Waals surface area contributed by atoms with Crippen molar-refractivity contribution in [3.8, 4) is 11.4 Å². The van der Waals surface area contributed by atoms with E-state index >= 15 is 0 Å². The summed E-state index contributed by atoms with van der Waals surface area (Å²) in [5, 5.41) is 7.87. The van der Waals surface area contributed by atoms with Gasteiger partial charge in [-0.15, -0.1) is 0 Å². The van der Waals surface area contributed by atoms with Crippen LogP contribution in [0.3, 0.4) is 0 Å². The normalized spacial score (nSPS) is 11.1. The van der Waals surface area contributed by atoms with Crippen LogP contribution in [0.25, 0.3) is 11.4 Å². The van der Waals surface area contributed by atoms with Crippen molar-refractivity contribution < 1.29 is 41.2 Å². The fraction of sp³-hybridized carbons (Fsp3) is 0.167. The molecule has 0 atom stereocenters. The minimum Gasteiger partial charge on any atom is -0.467 e. The van der Waals surface area contributed by atoms with Crippen LogP contribution in [-0.4, -0.2) is 35.0 Å². The van der Waals surface area contributed by atoms with Crippen LogP contribution < -0.4 is 10.6 Å². The Morgan fingerprint density at radius 2 is 1.84 bits per heavy atom. The second-order valence-electron chi connectivity index (χ2n) is 5.93. The van der Waals surface area contributed by atoms with Gasteiger partial charge in [-0.25, -0.2) is 4.79 Å². The van der Waals surface area contributed by atoms with Crippen molar-refractivity contribution in [3.05, 3.63) is 53.8 Å². The Balaban J connectivity index is 1.55. The van der Waals surface area contributed by atoms with Crippen LogP contribution in [-0.2, 0) is 27.0 Å². The van der Waals surface area contributed by atoms with E-state index in [1.165, 1.54) is 37.4 Å². The number of carbonyl (C=O) groups excluding carboxylic acids is 3. The lowest BCUT2D eigenvalue weighted by Crippen LogP contribution is -2.34. The zero-order valence-electron chi connectivity index (χ0n) is 15.6. The van der Waals surface area contributed by atoms with E-state index in [1.54, 1.807) is 0 Å². The van der Waals surface area contributed by atoms with Gasteiger partial charge in [0.15, 0.2) is 0 Å². The molecule has 0 fully saturated rings. The number of methoxy groups -OCH3 is 1. The molecule has 31 heavy (non-hydrogen) atoms. The molecule has 3 aromatic rings. The van der Waals surface area contributed by atoms with Gasteiger partial charge in [0, 0.05) is 11.3 Å². The number of ether oxygens (including phenoxy) is 1. The molecular weight excluding hydrogens is 425 g/mol. The van der Waals surface area contributed by atoms with Gasteiger partial charge in [0.05, 0.1) is 19.2 Å². The minimum absolute atomic E-state index is 0.151. The minimum atomic E-state index is -4.76. The fourth-order valence-corrected chi connectivity index (χ4v) is 2.29. The molecule has 0 saturated carbocycles. The van der Waals surface area contributed by atoms with Crippen molar-refractivity contribution in [3.63, 3.8) is 0 Å². The summed E-state index contributed by atoms with van der Waals surface area (Å²) >= 11 is 0. The van der Waals surface area contributed by atoms with Crippen LogP contribution in [0.1, 0.15) is 22.0 Å². The number of furan rings is 1. The average Bonchev–Trinajstić information content (AvgIpc) is 3.41. The number of rotatable bonds is 5. The number of carbonyl (C=O) groups is 3. The molecule has 0 bridgehead atoms. The first kappa shape index (κ1) is 21.5. The summed E-state index contributed by atoms with van der Waals surface area (Å²) in [6.07, 6.45) is -3.61. The second-order valence-corrected chi connectivity index (χ2v) is 5.93. The van der Waals surface area contributed by atoms with Gasteiger partial charge in [-0.1, -0.05) is 5.16 Å². The number of halogens is 3. The monoisotopic (exact) mass is 438 g/mol. The third kappa shape index (κ3) is 5.26. The number of hydrogen-bond acceptors (Lipinski definition) is 8. The lowest BCUT2D eigenvalue weighted by Gasteiger charge is -2.06. The van der Waals surface area contributed by atoms with Crippen molar-refractivity contribution in [2.45, 2.75) is 12.7 Å². The highest BCUT2D eigenvalue weighted by Gasteiger charge is 2.38. The molecule has 162 valence electrons. The fourth-order valence-electron chi connectivity index (χ4n) is 2.29. The van der Waals surface area contributed by atoms with Gasteiger partial charge in [0.1, 0.15) is 12.0 Å². The SMILES string of the molecule is COC(=O)c1coc(CNC(=O)C(=O)Nc2ccc(-c3noc(C(F)(F)F)n3)cc2)c1. The van der Waals surface area contributed by atoms with Crippen LogP contribution in [0, 0.1) is 0 Å². The predicted octanol–water partition coefficient (Wildman–Crippen LogP) is 2.39. The Hall–Kier alpha value is -4.16. The van der Waals surface area contributed by atoms with Crippen molar-refractivity contribution >= 4 is 23.5 Å². The first-order chi connectivity index (χ1) is 14.7. The van der Waals surface area contributed by atoms with Crippen molar-refractivity contribution in [2.24, 2.45) is 0 Å². The number of hydrogen-bond donors (Lipinski definition) is 2. The topological polar surface area (TPSA) is 137 Å². The van der Waals surface area contributed by atoms with Crippen LogP contribution in [0.4, 0.5) is 18.9 Å². The molecule has 1 aromatic carbocycles. The summed E-state index contributed by atoms with van der Waals surface area (Å²) in [5.74, 6) is -4.12. The number of esters is 1. The molecule has 0 unspecified atom stereocenters. The van der Waals surface area contributed by atoms with E-state index in [9.17, 15) is 27.6 Å². The predicted molar refractivity (Wildman–Crippen MR) is 95.3 cm³/mol. The summed E-state index contributed by atoms with van der Waals surface area (Å²) in [7, 11) is 1.20. The third-order valence-electron chi connectivity index (χ3n) is 3.77. The number of nitrogens with zero attached hydrogens (tertiary/aromatic N) is 2. The maximum absolute atomic E-state index is 12.5. The number of aromatic nitrogens is 2. The van der Waals surface area contributed by atoms with Crippen LogP contribution in [0.2, 0.25) is 0 Å². The van der Waals surface area contributed by atoms with E-state index < -0.39 is 29.9 Å². The lowest BCUT2D eigenvalue weighted by molar-refractivity contribution is -0.159. The Morgan fingerprint density at radius 1 is 1.13 bits per heavy atom. The van der Waals surface area contributed by atoms with Gasteiger partial charge in [-0.2, -0.15) is 18.2 Å². The molecule has 0 spiro atoms. The van der Waals surface area contributed by atoms with Crippen molar-refractivity contribution in [1.29, 1.82) is 0 Å². The highest BCUT2D eigenvalue weighted by atomic mass is 19.4. The molecule has 2 heterocycles. The Kier molecular flexibility index (Phi) is 6.04. The molecule has 0 aliphatic carbocycles. The zero-order valence-corrected chi connectivity index (χ0v) is 15.6. The van der Waals surface area contributed by atoms with Gasteiger partial charge in [0.25, 0.3) is 0 Å². The average molecular weight is 438 g/mol. The Bertz CT molecular complexity index is 1100. The molecule has 13 heteroatoms. The molecule has 3 rings (SSSR count). The smallest absolute Gasteiger partial charge is 0.467 e. The number of alkyl halides is 3. The standard InChI is InChI=1S/C18H13F3N4O6/c1-29-16(28)10-6-12(30-8-10)7-22-14(26)15(27)23-11-4-2-9(3-5-11)13-24-17(31-25-13)18(19,20)21/h2-6,8H,7H2,1H3,(H,22,26)(H,23,27). The molecule has 0 aliphatic heterocycles. The molecule has 0 radical (unpaired) electrons. The largest absolute Gasteiger partial charge is 0.471 e. The van der Waals surface area contributed by atoms with Gasteiger partial charge in [0.2, 0.25) is 5.82 Å². The molecule has 0 saturated heterocycles. The quantitative estimate of drug-likeness (QED) is 0.458. The summed E-state index contributed by atoms with van der Waals surface area (Å²) in [4.78, 5) is 38.5. The first-order valence-corrected chi connectivity index (χ1v) is 8.43. The van der Waals surface area contributed by atoms with Gasteiger partial charge in [-0.05, 0) is 30.3 Å². The van der Waals surface area contributed by atoms with E-state index in [0.29, 0.717) is 0 Å². The summed E-state index contributed by atoms with van der Waals surface area (Å²) in [6.45, 7) is -0.151. The molecule has 10 nitrogen and oxygen atoms in total. The third-order valence-corrected chi connectivity index (χ3v) is 3.77. The lowest BCUT2D eigenvalue weighted by atomic mass is 10.2. The zero-order chi connectivity index (χ0) is 22.6. The first-order valence-electron chi connectivity index (χ1n) is 8.43. The number of benzene rings is 1. The van der Waals surface area contributed by atoms with E-state index in [1.807, 2.05) is 0 Å². The Labute approximate surface area is 171 Å². The van der Waals surface area contributed by atoms with Crippen molar-refractivity contribution in [2.75, 3.05) is 12.4 Å². The van der Waals surface area contributed by atoms with Crippen LogP contribution in [0.15, 0.2) is 45.5 Å². The van der Waals surface area contributed by atoms with Gasteiger partial charge >= 0.3 is 29.9 Å². The number of nitrogens with one attached hydrogen (secondary N) is 2. The molecule has 2 aromatic heterocycles. The molecular formula is C18H13F3N4O6. The van der Waals surface area contributed by atoms with Crippen LogP contribution >= 0.6 is 0 Å². The van der Waals surface area contributed by atoms with E-state index in [2.05, 4.69) is 30.0 Å². The van der Waals surface area contributed by atoms with E-state index in [0.717, 1.165) is 6.26 Å². The second kappa shape index (κ2) is 8.69. The number of anilines is 1. The van der Waals surface area contributed by atoms with Gasteiger partial charge in [-0.3, -0.25) is 9.59 Å². The highest BCUT2D eigenvalue weighted by molar-refractivity contribution is 6.39. The summed E-state index contributed by atoms with van der Waals surface area (Å²) in [5.41, 5.74) is 0.565. The van der Waals surface area contributed by atoms with Crippen molar-refractivity contribution in [1.82, 2.24) is 15.5 Å². The molecule has 2 amide bonds. The van der Waals surface area contributed by atoms with E-state index in [-0.39, 0.29) is 34.9 Å². The molecule has 0 aliphatic rings. The maximum atomic E-state index is 12.5. The van der Waals surface area contributed by atoms with E-state index in [4.69, 9.17) is 4.42 Å². The molecule has 2 N–H and O–H groups in total. The number of amides is 2. The van der Waals surface area contributed by atoms with Crippen LogP contribution in [0.5, 0.6) is 0 Å². The van der Waals surface area contributed by atoms with Gasteiger partial charge < -0.3 is 24.3 Å². The Morgan fingerprint density at radius 3 is 2.45 bits per heavy atom. The summed E-state index contributed by atoms with van der Waals surface area (Å²) < 4.78 is 51.3. The highest BCUT2D eigenvalue weighted by Crippen LogP contribution is 2.29. The maximum Gasteiger partial charge on any atom is 0.471 e. The summed E-state index contributed by atoms with van der Waals surface area (Å²) in [6, 6.07) is 6.73.